The van der Waals surface area contributed by atoms with E-state index in [1.165, 1.54) is 25.3 Å². The molecule has 0 unspecified atom stereocenters. The number of nitrogens with zero attached hydrogens (tertiary/aromatic N) is 5. The van der Waals surface area contributed by atoms with Crippen LogP contribution in [0.5, 0.6) is 5.88 Å². The molecule has 0 aliphatic carbocycles. The molecule has 0 saturated carbocycles. The van der Waals surface area contributed by atoms with Crippen LogP contribution in [0.4, 0.5) is 33.3 Å². The van der Waals surface area contributed by atoms with Gasteiger partial charge in [-0.25, -0.2) is 13.8 Å². The van der Waals surface area contributed by atoms with Crippen LogP contribution in [0.2, 0.25) is 0 Å². The number of methoxy groups -OCH3 is 1. The van der Waals surface area contributed by atoms with Crippen LogP contribution in [0.25, 0.3) is 11.1 Å². The largest absolute Gasteiger partial charge is 0.481 e. The first-order chi connectivity index (χ1) is 24.0. The highest BCUT2D eigenvalue weighted by Gasteiger charge is 2.36. The Bertz CT molecular complexity index is 1800. The Balaban J connectivity index is 1.23. The van der Waals surface area contributed by atoms with E-state index in [1.807, 2.05) is 7.05 Å². The number of benzene rings is 3. The number of hydrogen-bond acceptors (Lipinski definition) is 7. The van der Waals surface area contributed by atoms with Gasteiger partial charge in [-0.1, -0.05) is 24.3 Å². The van der Waals surface area contributed by atoms with Crippen LogP contribution >= 0.6 is 0 Å². The van der Waals surface area contributed by atoms with Gasteiger partial charge in [0.2, 0.25) is 5.88 Å². The minimum absolute atomic E-state index is 0.255. The number of nitrogens with one attached hydrogen (secondary N) is 1. The van der Waals surface area contributed by atoms with Crippen molar-refractivity contribution in [3.63, 3.8) is 0 Å². The van der Waals surface area contributed by atoms with Crippen molar-refractivity contribution in [1.82, 2.24) is 19.7 Å². The molecular weight excluding hydrogens is 655 g/mol. The van der Waals surface area contributed by atoms with Crippen molar-refractivity contribution in [2.24, 2.45) is 0 Å². The van der Waals surface area contributed by atoms with E-state index >= 15 is 4.39 Å². The number of pyridine rings is 1. The predicted octanol–water partition coefficient (Wildman–Crippen LogP) is 6.38. The molecule has 0 spiro atoms. The molecule has 2 fully saturated rings. The average Bonchev–Trinajstić information content (AvgIpc) is 3.10. The Kier molecular flexibility index (Phi) is 10.7. The van der Waals surface area contributed by atoms with E-state index in [1.54, 1.807) is 42.5 Å². The third kappa shape index (κ3) is 8.40. The van der Waals surface area contributed by atoms with Gasteiger partial charge in [-0.2, -0.15) is 13.2 Å². The summed E-state index contributed by atoms with van der Waals surface area (Å²) in [6, 6.07) is 17.3. The number of hydrogen-bond donors (Lipinski definition) is 1. The van der Waals surface area contributed by atoms with Crippen molar-refractivity contribution in [1.29, 1.82) is 0 Å². The zero-order valence-electron chi connectivity index (χ0n) is 27.9. The van der Waals surface area contributed by atoms with Crippen LogP contribution in [0.3, 0.4) is 0 Å². The lowest BCUT2D eigenvalue weighted by molar-refractivity contribution is -0.138. The minimum Gasteiger partial charge on any atom is -0.481 e. The number of halogens is 5. The number of rotatable bonds is 9. The number of alkyl halides is 3. The summed E-state index contributed by atoms with van der Waals surface area (Å²) in [7, 11) is 3.20. The molecule has 50 heavy (non-hydrogen) atoms. The van der Waals surface area contributed by atoms with Crippen molar-refractivity contribution in [2.45, 2.75) is 19.3 Å². The Morgan fingerprint density at radius 2 is 1.46 bits per heavy atom. The number of piperazine rings is 2. The molecule has 1 amide bonds. The van der Waals surface area contributed by atoms with E-state index in [2.05, 4.69) is 29.9 Å². The lowest BCUT2D eigenvalue weighted by Crippen LogP contribution is -2.45. The standard InChI is InChI=1S/C37H39F5N6O2/c1-45-11-17-48(18-12-45)34-10-6-27(20-33(34)44-36(49)30-22-43-35(50-2)21-31(30)37(40,41)42)29-19-26(5-9-32(29)39)24-47-15-13-46(14-16-47)23-25-3-7-28(38)8-4-25/h3-10,19-22H,11-18,23-24H2,1-2H3,(H,44,49). The lowest BCUT2D eigenvalue weighted by Gasteiger charge is -2.35. The average molecular weight is 695 g/mol. The molecule has 2 saturated heterocycles. The Morgan fingerprint density at radius 1 is 0.820 bits per heavy atom. The maximum Gasteiger partial charge on any atom is 0.417 e. The van der Waals surface area contributed by atoms with Gasteiger partial charge >= 0.3 is 6.18 Å². The van der Waals surface area contributed by atoms with Crippen LogP contribution in [-0.2, 0) is 19.3 Å². The number of aromatic nitrogens is 1. The van der Waals surface area contributed by atoms with E-state index < -0.39 is 29.0 Å². The highest BCUT2D eigenvalue weighted by molar-refractivity contribution is 6.07. The molecule has 8 nitrogen and oxygen atoms in total. The molecular formula is C37H39F5N6O2. The van der Waals surface area contributed by atoms with Gasteiger partial charge in [-0.05, 0) is 60.1 Å². The summed E-state index contributed by atoms with van der Waals surface area (Å²) in [6.45, 7) is 7.42. The smallest absolute Gasteiger partial charge is 0.417 e. The fourth-order valence-electron chi connectivity index (χ4n) is 6.38. The number of amides is 1. The summed E-state index contributed by atoms with van der Waals surface area (Å²) in [5.41, 5.74) is 1.82. The van der Waals surface area contributed by atoms with E-state index in [-0.39, 0.29) is 17.4 Å². The summed E-state index contributed by atoms with van der Waals surface area (Å²) in [5.74, 6) is -1.97. The van der Waals surface area contributed by atoms with Crippen LogP contribution < -0.4 is 15.0 Å². The Labute approximate surface area is 288 Å². The maximum atomic E-state index is 15.4. The van der Waals surface area contributed by atoms with Gasteiger partial charge in [0.15, 0.2) is 0 Å². The number of carbonyl (C=O) groups is 1. The molecule has 4 aromatic rings. The quantitative estimate of drug-likeness (QED) is 0.204. The topological polar surface area (TPSA) is 64.2 Å². The van der Waals surface area contributed by atoms with Gasteiger partial charge in [-0.3, -0.25) is 14.6 Å². The summed E-state index contributed by atoms with van der Waals surface area (Å²) < 4.78 is 75.6. The normalized spacial score (nSPS) is 16.4. The van der Waals surface area contributed by atoms with Crippen molar-refractivity contribution in [3.05, 3.63) is 107 Å². The molecule has 3 heterocycles. The zero-order valence-corrected chi connectivity index (χ0v) is 27.9. The van der Waals surface area contributed by atoms with Crippen molar-refractivity contribution >= 4 is 17.3 Å². The van der Waals surface area contributed by atoms with E-state index in [4.69, 9.17) is 4.74 Å². The number of ether oxygens (including phenoxy) is 1. The molecule has 0 radical (unpaired) electrons. The molecule has 2 aliphatic heterocycles. The Hall–Kier alpha value is -4.59. The SMILES string of the molecule is COc1cc(C(F)(F)F)c(C(=O)Nc2cc(-c3cc(CN4CCN(Cc5ccc(F)cc5)CC4)ccc3F)ccc2N2CCN(C)CC2)cn1. The summed E-state index contributed by atoms with van der Waals surface area (Å²) >= 11 is 0. The highest BCUT2D eigenvalue weighted by Crippen LogP contribution is 2.37. The number of carbonyl (C=O) groups excluding carboxylic acids is 1. The molecule has 264 valence electrons. The maximum absolute atomic E-state index is 15.4. The first kappa shape index (κ1) is 35.2. The zero-order chi connectivity index (χ0) is 35.4. The van der Waals surface area contributed by atoms with E-state index in [0.717, 1.165) is 63.1 Å². The van der Waals surface area contributed by atoms with Gasteiger partial charge in [0.05, 0.1) is 29.6 Å². The summed E-state index contributed by atoms with van der Waals surface area (Å²) in [6.07, 6.45) is -3.98. The highest BCUT2D eigenvalue weighted by atomic mass is 19.4. The van der Waals surface area contributed by atoms with Crippen molar-refractivity contribution in [3.8, 4) is 17.0 Å². The molecule has 0 bridgehead atoms. The van der Waals surface area contributed by atoms with Crippen molar-refractivity contribution < 1.29 is 31.5 Å². The van der Waals surface area contributed by atoms with Crippen LogP contribution in [0.15, 0.2) is 72.9 Å². The minimum atomic E-state index is -4.83. The second-order valence-corrected chi connectivity index (χ2v) is 12.7. The lowest BCUT2D eigenvalue weighted by atomic mass is 10.00. The van der Waals surface area contributed by atoms with Crippen LogP contribution in [0.1, 0.15) is 27.0 Å². The molecule has 1 aromatic heterocycles. The van der Waals surface area contributed by atoms with Gasteiger partial charge in [-0.15, -0.1) is 0 Å². The first-order valence-electron chi connectivity index (χ1n) is 16.4. The van der Waals surface area contributed by atoms with Gasteiger partial charge < -0.3 is 19.9 Å². The van der Waals surface area contributed by atoms with Gasteiger partial charge in [0, 0.05) is 83.3 Å². The third-order valence-corrected chi connectivity index (χ3v) is 9.26. The molecule has 6 rings (SSSR count). The van der Waals surface area contributed by atoms with Crippen LogP contribution in [-0.4, -0.2) is 92.1 Å². The van der Waals surface area contributed by atoms with Crippen molar-refractivity contribution in [2.75, 3.05) is 76.7 Å². The number of anilines is 2. The fourth-order valence-corrected chi connectivity index (χ4v) is 6.38. The fraction of sp³-hybridized carbons (Fsp3) is 0.351. The van der Waals surface area contributed by atoms with Gasteiger partial charge in [0.25, 0.3) is 5.91 Å². The van der Waals surface area contributed by atoms with E-state index in [0.29, 0.717) is 42.5 Å². The molecule has 3 aromatic carbocycles. The van der Waals surface area contributed by atoms with E-state index in [9.17, 15) is 22.4 Å². The monoisotopic (exact) mass is 694 g/mol. The van der Waals surface area contributed by atoms with Crippen LogP contribution in [0, 0.1) is 11.6 Å². The summed E-state index contributed by atoms with van der Waals surface area (Å²) in [5, 5.41) is 2.69. The molecule has 2 aliphatic rings. The van der Waals surface area contributed by atoms with Gasteiger partial charge in [0.1, 0.15) is 11.6 Å². The summed E-state index contributed by atoms with van der Waals surface area (Å²) in [4.78, 5) is 26.2. The first-order valence-corrected chi connectivity index (χ1v) is 16.4. The third-order valence-electron chi connectivity index (χ3n) is 9.26. The second kappa shape index (κ2) is 15.1. The number of likely N-dealkylation sites (N-methyl/N-ethyl adjacent to an activating group) is 1. The second-order valence-electron chi connectivity index (χ2n) is 12.7. The Morgan fingerprint density at radius 3 is 2.10 bits per heavy atom. The molecule has 13 heteroatoms. The molecule has 1 N–H and O–H groups in total. The molecule has 0 atom stereocenters. The predicted molar refractivity (Wildman–Crippen MR) is 182 cm³/mol.